The largest absolute Gasteiger partial charge is 0.466 e. The number of amides is 2. The highest BCUT2D eigenvalue weighted by molar-refractivity contribution is 5.94. The van der Waals surface area contributed by atoms with Crippen molar-refractivity contribution in [2.45, 2.75) is 71.6 Å². The third-order valence-electron chi connectivity index (χ3n) is 6.17. The molecule has 0 bridgehead atoms. The average Bonchev–Trinajstić information content (AvgIpc) is 3.37. The zero-order valence-electron chi connectivity index (χ0n) is 20.3. The SMILES string of the molecule is CCC1OCC(=O)C1NC(=O)[C@H](CC(C)(C)CCc1ccccc1)NC(=O)Oc1ccoc1C. The molecule has 2 heterocycles. The molecule has 1 aliphatic heterocycles. The molecule has 2 amide bonds. The Hall–Kier alpha value is -3.13. The summed E-state index contributed by atoms with van der Waals surface area (Å²) in [5.41, 5.74) is 0.927. The fourth-order valence-electron chi connectivity index (χ4n) is 4.11. The van der Waals surface area contributed by atoms with Crippen LogP contribution in [-0.4, -0.2) is 42.6 Å². The van der Waals surface area contributed by atoms with Gasteiger partial charge in [0.05, 0.1) is 12.4 Å². The topological polar surface area (TPSA) is 107 Å². The lowest BCUT2D eigenvalue weighted by Crippen LogP contribution is -2.54. The molecular formula is C26H34N2O6. The van der Waals surface area contributed by atoms with Crippen molar-refractivity contribution in [3.63, 3.8) is 0 Å². The highest BCUT2D eigenvalue weighted by atomic mass is 16.6. The molecular weight excluding hydrogens is 436 g/mol. The Bertz CT molecular complexity index is 984. The molecule has 1 aromatic carbocycles. The Balaban J connectivity index is 1.70. The number of aryl methyl sites for hydroxylation is 2. The first-order chi connectivity index (χ1) is 16.2. The van der Waals surface area contributed by atoms with Crippen LogP contribution in [0.4, 0.5) is 4.79 Å². The average molecular weight is 471 g/mol. The Morgan fingerprint density at radius 3 is 2.59 bits per heavy atom. The minimum atomic E-state index is -0.892. The Morgan fingerprint density at radius 2 is 1.94 bits per heavy atom. The monoisotopic (exact) mass is 470 g/mol. The van der Waals surface area contributed by atoms with Gasteiger partial charge < -0.3 is 24.5 Å². The maximum atomic E-state index is 13.3. The highest BCUT2D eigenvalue weighted by Gasteiger charge is 2.38. The van der Waals surface area contributed by atoms with E-state index in [1.165, 1.54) is 17.9 Å². The van der Waals surface area contributed by atoms with E-state index in [-0.39, 0.29) is 29.7 Å². The van der Waals surface area contributed by atoms with Crippen molar-refractivity contribution in [3.05, 3.63) is 54.0 Å². The molecule has 2 unspecified atom stereocenters. The standard InChI is InChI=1S/C26H34N2O6/c1-5-21-23(20(29)16-33-21)28-24(30)19(27-25(31)34-22-12-14-32-17(22)2)15-26(3,4)13-11-18-9-7-6-8-10-18/h6-10,12,14,19,21,23H,5,11,13,15-16H2,1-4H3,(H,27,31)(H,28,30)/t19-,21?,23?/m0/s1. The van der Waals surface area contributed by atoms with E-state index in [9.17, 15) is 14.4 Å². The van der Waals surface area contributed by atoms with Crippen molar-refractivity contribution in [1.82, 2.24) is 10.6 Å². The first-order valence-corrected chi connectivity index (χ1v) is 11.7. The molecule has 2 N–H and O–H groups in total. The zero-order chi connectivity index (χ0) is 24.7. The molecule has 34 heavy (non-hydrogen) atoms. The maximum absolute atomic E-state index is 13.3. The van der Waals surface area contributed by atoms with Gasteiger partial charge in [-0.15, -0.1) is 0 Å². The molecule has 3 rings (SSSR count). The van der Waals surface area contributed by atoms with E-state index in [0.717, 1.165) is 12.8 Å². The van der Waals surface area contributed by atoms with Crippen LogP contribution in [0.1, 0.15) is 51.4 Å². The van der Waals surface area contributed by atoms with Crippen LogP contribution in [0.15, 0.2) is 47.1 Å². The minimum absolute atomic E-state index is 0.0219. The van der Waals surface area contributed by atoms with Crippen LogP contribution < -0.4 is 15.4 Å². The summed E-state index contributed by atoms with van der Waals surface area (Å²) in [7, 11) is 0. The van der Waals surface area contributed by atoms with E-state index in [4.69, 9.17) is 13.9 Å². The summed E-state index contributed by atoms with van der Waals surface area (Å²) in [6.07, 6.45) is 2.90. The van der Waals surface area contributed by atoms with Crippen LogP contribution >= 0.6 is 0 Å². The predicted octanol–water partition coefficient (Wildman–Crippen LogP) is 3.96. The van der Waals surface area contributed by atoms with Crippen LogP contribution in [-0.2, 0) is 20.7 Å². The number of Topliss-reactive ketones (excluding diaryl/α,β-unsaturated/α-hetero) is 1. The summed E-state index contributed by atoms with van der Waals surface area (Å²) < 4.78 is 16.0. The number of rotatable bonds is 10. The van der Waals surface area contributed by atoms with E-state index in [2.05, 4.69) is 36.6 Å². The second-order valence-electron chi connectivity index (χ2n) is 9.49. The first-order valence-electron chi connectivity index (χ1n) is 11.7. The number of furan rings is 1. The molecule has 1 saturated heterocycles. The highest BCUT2D eigenvalue weighted by Crippen LogP contribution is 2.29. The summed E-state index contributed by atoms with van der Waals surface area (Å²) in [6, 6.07) is 10.0. The molecule has 8 nitrogen and oxygen atoms in total. The quantitative estimate of drug-likeness (QED) is 0.544. The predicted molar refractivity (Wildman–Crippen MR) is 127 cm³/mol. The van der Waals surface area contributed by atoms with Gasteiger partial charge in [0.1, 0.15) is 24.5 Å². The number of hydrogen-bond acceptors (Lipinski definition) is 6. The van der Waals surface area contributed by atoms with Gasteiger partial charge >= 0.3 is 6.09 Å². The Kier molecular flexibility index (Phi) is 8.50. The number of ether oxygens (including phenoxy) is 2. The molecule has 3 atom stereocenters. The van der Waals surface area contributed by atoms with E-state index in [0.29, 0.717) is 18.6 Å². The van der Waals surface area contributed by atoms with Crippen molar-refractivity contribution >= 4 is 17.8 Å². The maximum Gasteiger partial charge on any atom is 0.413 e. The van der Waals surface area contributed by atoms with Gasteiger partial charge in [0, 0.05) is 6.07 Å². The van der Waals surface area contributed by atoms with Crippen LogP contribution in [0.25, 0.3) is 0 Å². The van der Waals surface area contributed by atoms with E-state index < -0.39 is 24.1 Å². The zero-order valence-corrected chi connectivity index (χ0v) is 20.3. The smallest absolute Gasteiger partial charge is 0.413 e. The molecule has 184 valence electrons. The Morgan fingerprint density at radius 1 is 1.21 bits per heavy atom. The van der Waals surface area contributed by atoms with Crippen molar-refractivity contribution in [3.8, 4) is 5.75 Å². The Labute approximate surface area is 200 Å². The van der Waals surface area contributed by atoms with Crippen molar-refractivity contribution < 1.29 is 28.3 Å². The molecule has 0 saturated carbocycles. The van der Waals surface area contributed by atoms with Crippen LogP contribution in [0.3, 0.4) is 0 Å². The van der Waals surface area contributed by atoms with Crippen molar-refractivity contribution in [2.75, 3.05) is 6.61 Å². The molecule has 8 heteroatoms. The van der Waals surface area contributed by atoms with Gasteiger partial charge in [0.15, 0.2) is 11.5 Å². The molecule has 0 spiro atoms. The van der Waals surface area contributed by atoms with Gasteiger partial charge in [-0.2, -0.15) is 0 Å². The van der Waals surface area contributed by atoms with E-state index in [1.807, 2.05) is 25.1 Å². The van der Waals surface area contributed by atoms with Gasteiger partial charge in [0.2, 0.25) is 5.91 Å². The molecule has 0 aliphatic carbocycles. The fourth-order valence-corrected chi connectivity index (χ4v) is 4.11. The van der Waals surface area contributed by atoms with Crippen LogP contribution in [0.2, 0.25) is 0 Å². The number of carbonyl (C=O) groups is 3. The van der Waals surface area contributed by atoms with Crippen LogP contribution in [0, 0.1) is 12.3 Å². The first kappa shape index (κ1) is 25.5. The summed E-state index contributed by atoms with van der Waals surface area (Å²) >= 11 is 0. The van der Waals surface area contributed by atoms with Crippen LogP contribution in [0.5, 0.6) is 5.75 Å². The van der Waals surface area contributed by atoms with Gasteiger partial charge in [0.25, 0.3) is 0 Å². The normalized spacial score (nSPS) is 19.0. The van der Waals surface area contributed by atoms with Gasteiger partial charge in [-0.3, -0.25) is 9.59 Å². The summed E-state index contributed by atoms with van der Waals surface area (Å²) in [5, 5.41) is 5.49. The lowest BCUT2D eigenvalue weighted by atomic mass is 9.80. The molecule has 1 aromatic heterocycles. The number of nitrogens with one attached hydrogen (secondary N) is 2. The fraction of sp³-hybridized carbons (Fsp3) is 0.500. The second-order valence-corrected chi connectivity index (χ2v) is 9.49. The molecule has 1 fully saturated rings. The lowest BCUT2D eigenvalue weighted by molar-refractivity contribution is -0.128. The van der Waals surface area contributed by atoms with Crippen molar-refractivity contribution in [2.24, 2.45) is 5.41 Å². The number of ketones is 1. The van der Waals surface area contributed by atoms with Gasteiger partial charge in [-0.05, 0) is 43.6 Å². The number of carbonyl (C=O) groups excluding carboxylic acids is 3. The minimum Gasteiger partial charge on any atom is -0.466 e. The van der Waals surface area contributed by atoms with Gasteiger partial charge in [-0.1, -0.05) is 51.1 Å². The third-order valence-corrected chi connectivity index (χ3v) is 6.17. The lowest BCUT2D eigenvalue weighted by Gasteiger charge is -2.30. The molecule has 0 radical (unpaired) electrons. The van der Waals surface area contributed by atoms with E-state index >= 15 is 0 Å². The third kappa shape index (κ3) is 6.93. The summed E-state index contributed by atoms with van der Waals surface area (Å²) in [5.74, 6) is 0.138. The number of hydrogen-bond donors (Lipinski definition) is 2. The van der Waals surface area contributed by atoms with Crippen molar-refractivity contribution in [1.29, 1.82) is 0 Å². The second kappa shape index (κ2) is 11.3. The summed E-state index contributed by atoms with van der Waals surface area (Å²) in [6.45, 7) is 7.67. The van der Waals surface area contributed by atoms with E-state index in [1.54, 1.807) is 6.92 Å². The van der Waals surface area contributed by atoms with Gasteiger partial charge in [-0.25, -0.2) is 4.79 Å². The summed E-state index contributed by atoms with van der Waals surface area (Å²) in [4.78, 5) is 38.1. The molecule has 1 aliphatic rings. The molecule has 2 aromatic rings. The number of benzene rings is 1.